The van der Waals surface area contributed by atoms with E-state index in [9.17, 15) is 0 Å². The highest BCUT2D eigenvalue weighted by Gasteiger charge is 2.62. The minimum Gasteiger partial charge on any atom is -0.452 e. The number of hydrogen-bond donors (Lipinski definition) is 0. The summed E-state index contributed by atoms with van der Waals surface area (Å²) < 4.78 is 9.01. The molecule has 7 aromatic rings. The number of hydrogen-bond acceptors (Lipinski definition) is 4. The Bertz CT molecular complexity index is 2310. The van der Waals surface area contributed by atoms with E-state index in [1.54, 1.807) is 11.1 Å². The van der Waals surface area contributed by atoms with Gasteiger partial charge in [0.25, 0.3) is 0 Å². The van der Waals surface area contributed by atoms with E-state index in [2.05, 4.69) is 73.7 Å². The van der Waals surface area contributed by atoms with Crippen molar-refractivity contribution in [3.05, 3.63) is 95.7 Å². The zero-order valence-corrected chi connectivity index (χ0v) is 24.9. The summed E-state index contributed by atoms with van der Waals surface area (Å²) in [6.07, 6.45) is 6.95. The maximum Gasteiger partial charge on any atom is 0.175 e. The van der Waals surface area contributed by atoms with Crippen LogP contribution < -0.4 is 0 Å². The first kappa shape index (κ1) is 23.4. The molecule has 0 N–H and O–H groups in total. The van der Waals surface area contributed by atoms with Gasteiger partial charge in [-0.25, -0.2) is 9.97 Å². The van der Waals surface area contributed by atoms with Crippen LogP contribution in [0.1, 0.15) is 48.9 Å². The van der Waals surface area contributed by atoms with Crippen LogP contribution in [0.15, 0.2) is 83.3 Å². The van der Waals surface area contributed by atoms with E-state index in [0.717, 1.165) is 45.4 Å². The summed E-state index contributed by atoms with van der Waals surface area (Å²) in [5.41, 5.74) is 10.7. The Labute approximate surface area is 253 Å². The summed E-state index contributed by atoms with van der Waals surface area (Å²) in [4.78, 5) is 10.5. The molecule has 3 heterocycles. The molecule has 43 heavy (non-hydrogen) atoms. The van der Waals surface area contributed by atoms with E-state index < -0.39 is 0 Å². The van der Waals surface area contributed by atoms with E-state index in [1.807, 2.05) is 23.5 Å². The molecule has 3 aromatic heterocycles. The number of fused-ring (bicyclic) bond motifs is 10. The van der Waals surface area contributed by atoms with Crippen molar-refractivity contribution in [3.63, 3.8) is 0 Å². The second-order valence-corrected chi connectivity index (χ2v) is 14.9. The van der Waals surface area contributed by atoms with Crippen LogP contribution in [0.4, 0.5) is 0 Å². The van der Waals surface area contributed by atoms with E-state index >= 15 is 0 Å². The van der Waals surface area contributed by atoms with Crippen molar-refractivity contribution >= 4 is 53.6 Å². The average Bonchev–Trinajstić information content (AvgIpc) is 3.68. The maximum absolute atomic E-state index is 6.26. The van der Waals surface area contributed by atoms with Crippen molar-refractivity contribution < 1.29 is 4.42 Å². The van der Waals surface area contributed by atoms with Crippen LogP contribution >= 0.6 is 11.3 Å². The van der Waals surface area contributed by atoms with Gasteiger partial charge >= 0.3 is 0 Å². The lowest BCUT2D eigenvalue weighted by molar-refractivity contribution is -0.0393. The molecule has 4 fully saturated rings. The molecule has 0 atom stereocenters. The molecule has 1 spiro atoms. The van der Waals surface area contributed by atoms with Crippen LogP contribution in [0.5, 0.6) is 0 Å². The van der Waals surface area contributed by atoms with Gasteiger partial charge < -0.3 is 4.42 Å². The molecule has 0 aliphatic heterocycles. The predicted octanol–water partition coefficient (Wildman–Crippen LogP) is 10.4. The van der Waals surface area contributed by atoms with Crippen LogP contribution in [-0.2, 0) is 5.41 Å². The Morgan fingerprint density at radius 3 is 2.30 bits per heavy atom. The topological polar surface area (TPSA) is 38.9 Å². The Hall–Kier alpha value is -4.02. The van der Waals surface area contributed by atoms with Crippen LogP contribution in [-0.4, -0.2) is 9.97 Å². The smallest absolute Gasteiger partial charge is 0.175 e. The summed E-state index contributed by atoms with van der Waals surface area (Å²) in [6, 6.07) is 29.2. The largest absolute Gasteiger partial charge is 0.452 e. The summed E-state index contributed by atoms with van der Waals surface area (Å²) in [5.74, 6) is 4.04. The number of aromatic nitrogens is 2. The van der Waals surface area contributed by atoms with Crippen LogP contribution in [0.3, 0.4) is 0 Å². The van der Waals surface area contributed by atoms with Gasteiger partial charge in [0.15, 0.2) is 11.4 Å². The molecule has 5 aliphatic carbocycles. The molecule has 4 heteroatoms. The minimum atomic E-state index is 0.0684. The monoisotopic (exact) mass is 574 g/mol. The van der Waals surface area contributed by atoms with Crippen molar-refractivity contribution in [2.75, 3.05) is 0 Å². The fraction of sp³-hybridized carbons (Fsp3) is 0.282. The number of nitrogens with zero attached hydrogens (tertiary/aromatic N) is 2. The number of furan rings is 1. The molecule has 4 aromatic carbocycles. The van der Waals surface area contributed by atoms with E-state index in [0.29, 0.717) is 11.8 Å². The van der Waals surface area contributed by atoms with Crippen molar-refractivity contribution in [2.24, 2.45) is 23.7 Å². The lowest BCUT2D eigenvalue weighted by atomic mass is 9.43. The molecule has 0 unspecified atom stereocenters. The molecular formula is C39H30N2OS. The quantitative estimate of drug-likeness (QED) is 0.196. The molecule has 4 saturated carbocycles. The number of benzene rings is 4. The molecule has 3 nitrogen and oxygen atoms in total. The highest BCUT2D eigenvalue weighted by Crippen LogP contribution is 2.71. The number of para-hydroxylation sites is 1. The third kappa shape index (κ3) is 2.78. The third-order valence-corrected chi connectivity index (χ3v) is 12.9. The van der Waals surface area contributed by atoms with Crippen LogP contribution in [0.25, 0.3) is 64.8 Å². The summed E-state index contributed by atoms with van der Waals surface area (Å²) in [6.45, 7) is 2.07. The van der Waals surface area contributed by atoms with Crippen molar-refractivity contribution in [1.29, 1.82) is 0 Å². The molecule has 0 radical (unpaired) electrons. The normalized spacial score (nSPS) is 26.8. The third-order valence-electron chi connectivity index (χ3n) is 11.8. The number of aryl methyl sites for hydroxylation is 1. The fourth-order valence-electron chi connectivity index (χ4n) is 10.6. The first-order chi connectivity index (χ1) is 21.2. The Kier molecular flexibility index (Phi) is 4.32. The van der Waals surface area contributed by atoms with Crippen LogP contribution in [0, 0.1) is 30.6 Å². The van der Waals surface area contributed by atoms with E-state index in [4.69, 9.17) is 14.4 Å². The van der Waals surface area contributed by atoms with Gasteiger partial charge in [0, 0.05) is 36.5 Å². The van der Waals surface area contributed by atoms with E-state index in [-0.39, 0.29) is 5.41 Å². The zero-order valence-electron chi connectivity index (χ0n) is 24.1. The molecule has 5 aliphatic rings. The fourth-order valence-corrected chi connectivity index (χ4v) is 11.7. The van der Waals surface area contributed by atoms with Gasteiger partial charge in [-0.2, -0.15) is 0 Å². The van der Waals surface area contributed by atoms with Gasteiger partial charge in [-0.05, 0) is 109 Å². The van der Waals surface area contributed by atoms with Crippen molar-refractivity contribution in [1.82, 2.24) is 9.97 Å². The molecule has 0 amide bonds. The van der Waals surface area contributed by atoms with Gasteiger partial charge in [-0.15, -0.1) is 11.3 Å². The van der Waals surface area contributed by atoms with E-state index in [1.165, 1.54) is 69.0 Å². The van der Waals surface area contributed by atoms with Gasteiger partial charge in [0.2, 0.25) is 0 Å². The maximum atomic E-state index is 6.26. The highest BCUT2D eigenvalue weighted by atomic mass is 32.1. The first-order valence-corrected chi connectivity index (χ1v) is 16.7. The molecule has 208 valence electrons. The zero-order chi connectivity index (χ0) is 28.0. The van der Waals surface area contributed by atoms with Crippen LogP contribution in [0.2, 0.25) is 0 Å². The lowest BCUT2D eigenvalue weighted by Gasteiger charge is -2.61. The van der Waals surface area contributed by atoms with Crippen molar-refractivity contribution in [3.8, 4) is 22.5 Å². The molecule has 0 saturated heterocycles. The number of rotatable bonds is 1. The van der Waals surface area contributed by atoms with Gasteiger partial charge in [0.05, 0.1) is 5.69 Å². The lowest BCUT2D eigenvalue weighted by Crippen LogP contribution is -2.55. The molecular weight excluding hydrogens is 545 g/mol. The minimum absolute atomic E-state index is 0.0684. The Morgan fingerprint density at radius 1 is 0.744 bits per heavy atom. The summed E-state index contributed by atoms with van der Waals surface area (Å²) >= 11 is 1.94. The second kappa shape index (κ2) is 7.92. The van der Waals surface area contributed by atoms with Crippen molar-refractivity contribution in [2.45, 2.75) is 44.4 Å². The van der Waals surface area contributed by atoms with Gasteiger partial charge in [-0.1, -0.05) is 54.6 Å². The highest BCUT2D eigenvalue weighted by molar-refractivity contribution is 7.25. The van der Waals surface area contributed by atoms with Gasteiger partial charge in [0.1, 0.15) is 11.1 Å². The second-order valence-electron chi connectivity index (χ2n) is 13.8. The Balaban J connectivity index is 1.32. The summed E-state index contributed by atoms with van der Waals surface area (Å²) in [5, 5.41) is 3.97. The standard InChI is InChI=1S/C39H30N2OS/c1-20-37-36(26-9-3-6-12-30(26)42-37)41-38(40-20)28-19-32-34(27-10-4-7-13-31(27)43-32)35-33(28)25-8-2-5-11-29(25)39(35)23-15-21-14-22(17-23)18-24(39)16-21/h2-13,19,21-24H,14-18H2,1H3. The van der Waals surface area contributed by atoms with Gasteiger partial charge in [-0.3, -0.25) is 0 Å². The predicted molar refractivity (Wildman–Crippen MR) is 176 cm³/mol. The SMILES string of the molecule is Cc1nc(-c2cc3sc4ccccc4c3c3c2-c2ccccc2C32C3CC4CC(C3)CC2C4)nc2c1oc1ccccc12. The average molecular weight is 575 g/mol. The first-order valence-electron chi connectivity index (χ1n) is 15.9. The molecule has 4 bridgehead atoms. The number of thiophene rings is 1. The Morgan fingerprint density at radius 2 is 1.47 bits per heavy atom. The molecule has 12 rings (SSSR count). The summed E-state index contributed by atoms with van der Waals surface area (Å²) in [7, 11) is 0.